The van der Waals surface area contributed by atoms with E-state index in [4.69, 9.17) is 27.9 Å². The summed E-state index contributed by atoms with van der Waals surface area (Å²) in [5, 5.41) is 3.79. The van der Waals surface area contributed by atoms with Crippen molar-refractivity contribution in [2.24, 2.45) is 0 Å². The number of sulfonamides is 1. The topological polar surface area (TPSA) is 96.0 Å². The molecule has 0 spiro atoms. The average molecular weight is 693 g/mol. The standard InChI is InChI=1S/C33H39Cl2N3O5S2/c1-4-29(33(40)36-24-10-6-7-11-24)37(21-23-14-19-27(34)28(35)20-23)32(39)22-38(30-12-8-9-13-31(30)43-5-2)45(41,42)26-17-15-25(44-3)16-18-26/h8-9,12-20,24,29H,4-7,10-11,21-22H2,1-3H3,(H,36,40). The Morgan fingerprint density at radius 2 is 1.69 bits per heavy atom. The van der Waals surface area contributed by atoms with Gasteiger partial charge in [-0.2, -0.15) is 0 Å². The van der Waals surface area contributed by atoms with Crippen LogP contribution in [0.3, 0.4) is 0 Å². The van der Waals surface area contributed by atoms with E-state index < -0.39 is 28.5 Å². The summed E-state index contributed by atoms with van der Waals surface area (Å²) in [4.78, 5) is 30.4. The normalized spacial score (nSPS) is 14.2. The van der Waals surface area contributed by atoms with Crippen LogP contribution in [0.2, 0.25) is 10.0 Å². The van der Waals surface area contributed by atoms with Crippen molar-refractivity contribution in [1.82, 2.24) is 10.2 Å². The van der Waals surface area contributed by atoms with Gasteiger partial charge in [0.1, 0.15) is 18.3 Å². The van der Waals surface area contributed by atoms with Crippen molar-refractivity contribution in [2.45, 2.75) is 74.4 Å². The first kappa shape index (κ1) is 34.9. The van der Waals surface area contributed by atoms with Crippen LogP contribution in [0.5, 0.6) is 5.75 Å². The molecular formula is C33H39Cl2N3O5S2. The SMILES string of the molecule is CCOc1ccccc1N(CC(=O)N(Cc1ccc(Cl)c(Cl)c1)C(CC)C(=O)NC1CCCC1)S(=O)(=O)c1ccc(SC)cc1. The van der Waals surface area contributed by atoms with Gasteiger partial charge in [0.15, 0.2) is 0 Å². The van der Waals surface area contributed by atoms with E-state index in [0.29, 0.717) is 34.4 Å². The first-order valence-corrected chi connectivity index (χ1v) is 18.4. The molecule has 3 aromatic carbocycles. The third-order valence-corrected chi connectivity index (χ3v) is 11.0. The van der Waals surface area contributed by atoms with Crippen LogP contribution in [0.15, 0.2) is 76.5 Å². The third kappa shape index (κ3) is 8.67. The molecule has 1 aliphatic carbocycles. The zero-order valence-corrected chi connectivity index (χ0v) is 28.8. The summed E-state index contributed by atoms with van der Waals surface area (Å²) < 4.78 is 35.4. The molecule has 0 radical (unpaired) electrons. The first-order valence-electron chi connectivity index (χ1n) is 15.0. The van der Waals surface area contributed by atoms with Crippen molar-refractivity contribution in [3.05, 3.63) is 82.3 Å². The molecule has 0 aliphatic heterocycles. The molecule has 0 heterocycles. The number of ether oxygens (including phenoxy) is 1. The van der Waals surface area contributed by atoms with Crippen molar-refractivity contribution in [1.29, 1.82) is 0 Å². The lowest BCUT2D eigenvalue weighted by molar-refractivity contribution is -0.140. The lowest BCUT2D eigenvalue weighted by atomic mass is 10.1. The van der Waals surface area contributed by atoms with Crippen LogP contribution in [0.4, 0.5) is 5.69 Å². The second-order valence-corrected chi connectivity index (χ2v) is 14.3. The van der Waals surface area contributed by atoms with E-state index in [-0.39, 0.29) is 29.1 Å². The Morgan fingerprint density at radius 1 is 1.00 bits per heavy atom. The van der Waals surface area contributed by atoms with Crippen LogP contribution in [0.1, 0.15) is 51.5 Å². The van der Waals surface area contributed by atoms with Gasteiger partial charge in [0.25, 0.3) is 10.0 Å². The van der Waals surface area contributed by atoms with Gasteiger partial charge in [0.05, 0.1) is 27.2 Å². The van der Waals surface area contributed by atoms with Crippen LogP contribution in [0.25, 0.3) is 0 Å². The maximum absolute atomic E-state index is 14.4. The number of nitrogens with zero attached hydrogens (tertiary/aromatic N) is 2. The quantitative estimate of drug-likeness (QED) is 0.180. The van der Waals surface area contributed by atoms with Crippen molar-refractivity contribution >= 4 is 62.5 Å². The summed E-state index contributed by atoms with van der Waals surface area (Å²) in [5.41, 5.74) is 0.876. The molecule has 4 rings (SSSR count). The molecule has 0 bridgehead atoms. The number of halogens is 2. The van der Waals surface area contributed by atoms with Gasteiger partial charge in [-0.3, -0.25) is 13.9 Å². The summed E-state index contributed by atoms with van der Waals surface area (Å²) in [6.45, 7) is 3.39. The van der Waals surface area contributed by atoms with Crippen LogP contribution < -0.4 is 14.4 Å². The number of para-hydroxylation sites is 2. The maximum Gasteiger partial charge on any atom is 0.264 e. The second kappa shape index (κ2) is 16.1. The number of amides is 2. The van der Waals surface area contributed by atoms with E-state index in [2.05, 4.69) is 5.32 Å². The van der Waals surface area contributed by atoms with Crippen molar-refractivity contribution in [2.75, 3.05) is 23.7 Å². The van der Waals surface area contributed by atoms with Crippen molar-refractivity contribution < 1.29 is 22.7 Å². The predicted molar refractivity (Wildman–Crippen MR) is 182 cm³/mol. The van der Waals surface area contributed by atoms with E-state index >= 15 is 0 Å². The number of nitrogens with one attached hydrogen (secondary N) is 1. The summed E-state index contributed by atoms with van der Waals surface area (Å²) >= 11 is 14.0. The third-order valence-electron chi connectivity index (χ3n) is 7.78. The summed E-state index contributed by atoms with van der Waals surface area (Å²) in [5.74, 6) is -0.501. The average Bonchev–Trinajstić information content (AvgIpc) is 3.55. The molecule has 0 saturated heterocycles. The second-order valence-electron chi connectivity index (χ2n) is 10.8. The number of rotatable bonds is 14. The van der Waals surface area contributed by atoms with Crippen LogP contribution in [-0.2, 0) is 26.2 Å². The molecule has 242 valence electrons. The highest BCUT2D eigenvalue weighted by molar-refractivity contribution is 7.98. The van der Waals surface area contributed by atoms with Gasteiger partial charge in [0, 0.05) is 17.5 Å². The number of thioether (sulfide) groups is 1. The Balaban J connectivity index is 1.76. The monoisotopic (exact) mass is 691 g/mol. The zero-order valence-electron chi connectivity index (χ0n) is 25.7. The van der Waals surface area contributed by atoms with Crippen LogP contribution >= 0.6 is 35.0 Å². The Bertz CT molecular complexity index is 1580. The van der Waals surface area contributed by atoms with Gasteiger partial charge in [-0.1, -0.05) is 61.2 Å². The lowest BCUT2D eigenvalue weighted by Gasteiger charge is -2.34. The first-order chi connectivity index (χ1) is 21.6. The van der Waals surface area contributed by atoms with Crippen molar-refractivity contribution in [3.63, 3.8) is 0 Å². The molecule has 1 atom stereocenters. The molecule has 1 unspecified atom stereocenters. The van der Waals surface area contributed by atoms with Crippen LogP contribution in [-0.4, -0.2) is 56.6 Å². The molecule has 1 fully saturated rings. The van der Waals surface area contributed by atoms with Gasteiger partial charge in [0.2, 0.25) is 11.8 Å². The molecule has 8 nitrogen and oxygen atoms in total. The number of anilines is 1. The lowest BCUT2D eigenvalue weighted by Crippen LogP contribution is -2.53. The molecule has 1 saturated carbocycles. The van der Waals surface area contributed by atoms with E-state index in [1.807, 2.05) is 13.2 Å². The summed E-state index contributed by atoms with van der Waals surface area (Å²) in [6, 6.07) is 17.4. The molecule has 3 aromatic rings. The van der Waals surface area contributed by atoms with E-state index in [0.717, 1.165) is 34.9 Å². The number of benzene rings is 3. The smallest absolute Gasteiger partial charge is 0.264 e. The van der Waals surface area contributed by atoms with Crippen LogP contribution in [0, 0.1) is 0 Å². The minimum atomic E-state index is -4.25. The van der Waals surface area contributed by atoms with E-state index in [1.54, 1.807) is 61.5 Å². The van der Waals surface area contributed by atoms with Gasteiger partial charge in [-0.05, 0) is 86.5 Å². The van der Waals surface area contributed by atoms with Crippen molar-refractivity contribution in [3.8, 4) is 5.75 Å². The molecule has 1 aliphatic rings. The van der Waals surface area contributed by atoms with Gasteiger partial charge in [-0.15, -0.1) is 11.8 Å². The Hall–Kier alpha value is -2.92. The Kier molecular flexibility index (Phi) is 12.5. The number of hydrogen-bond acceptors (Lipinski definition) is 6. The Morgan fingerprint density at radius 3 is 2.31 bits per heavy atom. The number of carbonyl (C=O) groups excluding carboxylic acids is 2. The van der Waals surface area contributed by atoms with Gasteiger partial charge >= 0.3 is 0 Å². The fourth-order valence-electron chi connectivity index (χ4n) is 5.45. The number of carbonyl (C=O) groups is 2. The molecule has 2 amide bonds. The van der Waals surface area contributed by atoms with E-state index in [1.165, 1.54) is 28.8 Å². The van der Waals surface area contributed by atoms with E-state index in [9.17, 15) is 18.0 Å². The predicted octanol–water partition coefficient (Wildman–Crippen LogP) is 7.18. The fraction of sp³-hybridized carbons (Fsp3) is 0.394. The molecule has 45 heavy (non-hydrogen) atoms. The van der Waals surface area contributed by atoms with Gasteiger partial charge < -0.3 is 15.0 Å². The largest absolute Gasteiger partial charge is 0.492 e. The highest BCUT2D eigenvalue weighted by atomic mass is 35.5. The number of hydrogen-bond donors (Lipinski definition) is 1. The highest BCUT2D eigenvalue weighted by Crippen LogP contribution is 2.34. The minimum Gasteiger partial charge on any atom is -0.492 e. The minimum absolute atomic E-state index is 0.0235. The fourth-order valence-corrected chi connectivity index (χ4v) is 7.60. The molecule has 0 aromatic heterocycles. The Labute approximate surface area is 280 Å². The molecule has 1 N–H and O–H groups in total. The summed E-state index contributed by atoms with van der Waals surface area (Å²) in [7, 11) is -4.25. The summed E-state index contributed by atoms with van der Waals surface area (Å²) in [6.07, 6.45) is 6.08. The highest BCUT2D eigenvalue weighted by Gasteiger charge is 2.35. The van der Waals surface area contributed by atoms with Gasteiger partial charge in [-0.25, -0.2) is 8.42 Å². The zero-order chi connectivity index (χ0) is 32.6. The molecule has 12 heteroatoms. The maximum atomic E-state index is 14.4. The molecular weight excluding hydrogens is 653 g/mol.